The molecule has 126 valence electrons. The summed E-state index contributed by atoms with van der Waals surface area (Å²) in [4.78, 5) is 26.7. The highest BCUT2D eigenvalue weighted by molar-refractivity contribution is 5.83. The summed E-state index contributed by atoms with van der Waals surface area (Å²) in [7, 11) is 1.40. The van der Waals surface area contributed by atoms with Gasteiger partial charge in [-0.3, -0.25) is 4.90 Å². The molecule has 0 unspecified atom stereocenters. The fourth-order valence-corrected chi connectivity index (χ4v) is 5.23. The Morgan fingerprint density at radius 3 is 2.39 bits per heavy atom. The van der Waals surface area contributed by atoms with E-state index in [1.165, 1.54) is 13.5 Å². The second kappa shape index (κ2) is 4.74. The lowest BCUT2D eigenvalue weighted by Crippen LogP contribution is -2.48. The van der Waals surface area contributed by atoms with Crippen LogP contribution >= 0.6 is 0 Å². The third kappa shape index (κ3) is 2.19. The summed E-state index contributed by atoms with van der Waals surface area (Å²) in [6, 6.07) is -0.501. The van der Waals surface area contributed by atoms with Crippen LogP contribution in [0.3, 0.4) is 0 Å². The van der Waals surface area contributed by atoms with Crippen LogP contribution in [0, 0.1) is 35.5 Å². The Kier molecular flexibility index (Phi) is 3.10. The quantitative estimate of drug-likeness (QED) is 0.550. The van der Waals surface area contributed by atoms with Crippen molar-refractivity contribution in [2.24, 2.45) is 35.5 Å². The van der Waals surface area contributed by atoms with E-state index in [4.69, 9.17) is 9.47 Å². The van der Waals surface area contributed by atoms with Crippen molar-refractivity contribution in [3.63, 3.8) is 0 Å². The third-order valence-corrected chi connectivity index (χ3v) is 6.05. The summed E-state index contributed by atoms with van der Waals surface area (Å²) < 4.78 is 10.6. The zero-order valence-electron chi connectivity index (χ0n) is 14.2. The van der Waals surface area contributed by atoms with Gasteiger partial charge in [0.2, 0.25) is 0 Å². The zero-order valence-corrected chi connectivity index (χ0v) is 14.2. The van der Waals surface area contributed by atoms with Gasteiger partial charge in [-0.15, -0.1) is 0 Å². The molecule has 5 aliphatic rings. The van der Waals surface area contributed by atoms with Crippen LogP contribution in [0.15, 0.2) is 12.2 Å². The van der Waals surface area contributed by atoms with Gasteiger partial charge >= 0.3 is 12.1 Å². The number of hydrogen-bond acceptors (Lipinski definition) is 4. The Bertz CT molecular complexity index is 578. The highest BCUT2D eigenvalue weighted by atomic mass is 16.6. The molecule has 4 aliphatic carbocycles. The van der Waals surface area contributed by atoms with Gasteiger partial charge in [0.1, 0.15) is 11.6 Å². The molecule has 3 fully saturated rings. The number of rotatable bonds is 1. The molecule has 23 heavy (non-hydrogen) atoms. The van der Waals surface area contributed by atoms with Gasteiger partial charge in [-0.2, -0.15) is 0 Å². The molecule has 0 aromatic heterocycles. The van der Waals surface area contributed by atoms with E-state index in [0.717, 1.165) is 5.92 Å². The number of methoxy groups -OCH3 is 1. The molecule has 0 radical (unpaired) electrons. The van der Waals surface area contributed by atoms with Crippen LogP contribution in [0.5, 0.6) is 0 Å². The lowest BCUT2D eigenvalue weighted by Gasteiger charge is -2.41. The van der Waals surface area contributed by atoms with Crippen LogP contribution in [0.1, 0.15) is 27.2 Å². The van der Waals surface area contributed by atoms with Gasteiger partial charge in [-0.1, -0.05) is 12.2 Å². The maximum absolute atomic E-state index is 12.6. The van der Waals surface area contributed by atoms with Crippen molar-refractivity contribution in [3.8, 4) is 0 Å². The molecule has 5 nitrogen and oxygen atoms in total. The minimum Gasteiger partial charge on any atom is -0.467 e. The molecule has 1 heterocycles. The van der Waals surface area contributed by atoms with Crippen LogP contribution in [-0.4, -0.2) is 42.3 Å². The van der Waals surface area contributed by atoms with Crippen molar-refractivity contribution in [2.75, 3.05) is 13.7 Å². The molecular weight excluding hydrogens is 294 g/mol. The minimum atomic E-state index is -0.565. The molecular formula is C18H25NO4. The maximum atomic E-state index is 12.6. The summed E-state index contributed by atoms with van der Waals surface area (Å²) in [5, 5.41) is 0. The lowest BCUT2D eigenvalue weighted by atomic mass is 9.62. The predicted octanol–water partition coefficient (Wildman–Crippen LogP) is 2.46. The van der Waals surface area contributed by atoms with E-state index < -0.39 is 17.7 Å². The summed E-state index contributed by atoms with van der Waals surface area (Å²) in [6.07, 6.45) is 5.49. The van der Waals surface area contributed by atoms with Crippen molar-refractivity contribution in [1.82, 2.24) is 4.90 Å². The van der Waals surface area contributed by atoms with Gasteiger partial charge < -0.3 is 9.47 Å². The number of carbonyl (C=O) groups is 2. The number of likely N-dealkylation sites (tertiary alicyclic amines) is 1. The zero-order chi connectivity index (χ0) is 16.5. The first-order valence-corrected chi connectivity index (χ1v) is 8.57. The molecule has 2 saturated carbocycles. The standard InChI is InChI=1S/C18H25NO4/c1-18(2,3)23-17(21)19-8-13-9-5-6-10(12-7-11(9)12)14(13)15(19)16(20)22-4/h5-6,9-15H,7-8H2,1-4H3/t9-,10+,11+,12-,13-,14+,15-/m1/s1. The highest BCUT2D eigenvalue weighted by Gasteiger charge is 2.66. The van der Waals surface area contributed by atoms with E-state index >= 15 is 0 Å². The smallest absolute Gasteiger partial charge is 0.411 e. The summed E-state index contributed by atoms with van der Waals surface area (Å²) >= 11 is 0. The van der Waals surface area contributed by atoms with Gasteiger partial charge in [-0.25, -0.2) is 9.59 Å². The van der Waals surface area contributed by atoms with Crippen LogP contribution in [-0.2, 0) is 14.3 Å². The molecule has 1 amide bonds. The largest absolute Gasteiger partial charge is 0.467 e. The first-order valence-electron chi connectivity index (χ1n) is 8.57. The van der Waals surface area contributed by atoms with Gasteiger partial charge in [0.25, 0.3) is 0 Å². The number of carbonyl (C=O) groups excluding carboxylic acids is 2. The summed E-state index contributed by atoms with van der Waals surface area (Å²) in [5.74, 6) is 2.64. The summed E-state index contributed by atoms with van der Waals surface area (Å²) in [5.41, 5.74) is -0.565. The summed E-state index contributed by atoms with van der Waals surface area (Å²) in [6.45, 7) is 6.15. The highest BCUT2D eigenvalue weighted by Crippen LogP contribution is 2.66. The van der Waals surface area contributed by atoms with E-state index in [2.05, 4.69) is 12.2 Å². The first kappa shape index (κ1) is 15.0. The van der Waals surface area contributed by atoms with Crippen LogP contribution < -0.4 is 0 Å². The Morgan fingerprint density at radius 1 is 1.09 bits per heavy atom. The molecule has 0 N–H and O–H groups in total. The van der Waals surface area contributed by atoms with E-state index in [1.54, 1.807) is 4.90 Å². The fourth-order valence-electron chi connectivity index (χ4n) is 5.23. The monoisotopic (exact) mass is 319 g/mol. The molecule has 2 bridgehead atoms. The number of allylic oxidation sites excluding steroid dienone is 2. The van der Waals surface area contributed by atoms with Crippen molar-refractivity contribution >= 4 is 12.1 Å². The predicted molar refractivity (Wildman–Crippen MR) is 83.4 cm³/mol. The van der Waals surface area contributed by atoms with Crippen molar-refractivity contribution in [1.29, 1.82) is 0 Å². The minimum absolute atomic E-state index is 0.189. The lowest BCUT2D eigenvalue weighted by molar-refractivity contribution is -0.148. The molecule has 7 atom stereocenters. The normalized spacial score (nSPS) is 43.0. The second-order valence-electron chi connectivity index (χ2n) is 8.44. The molecule has 5 heteroatoms. The van der Waals surface area contributed by atoms with Gasteiger partial charge in [-0.05, 0) is 56.8 Å². The third-order valence-electron chi connectivity index (χ3n) is 6.05. The molecule has 0 aromatic carbocycles. The average Bonchev–Trinajstić information content (AvgIpc) is 3.19. The van der Waals surface area contributed by atoms with Crippen molar-refractivity contribution in [3.05, 3.63) is 12.2 Å². The Labute approximate surface area is 137 Å². The Hall–Kier alpha value is -1.52. The molecule has 5 rings (SSSR count). The van der Waals surface area contributed by atoms with E-state index in [0.29, 0.717) is 30.2 Å². The Balaban J connectivity index is 1.64. The topological polar surface area (TPSA) is 55.8 Å². The van der Waals surface area contributed by atoms with Crippen LogP contribution in [0.2, 0.25) is 0 Å². The van der Waals surface area contributed by atoms with Crippen LogP contribution in [0.25, 0.3) is 0 Å². The number of nitrogens with zero attached hydrogens (tertiary/aromatic N) is 1. The van der Waals surface area contributed by atoms with Gasteiger partial charge in [0.15, 0.2) is 0 Å². The fraction of sp³-hybridized carbons (Fsp3) is 0.778. The number of esters is 1. The van der Waals surface area contributed by atoms with Gasteiger partial charge in [0.05, 0.1) is 7.11 Å². The second-order valence-corrected chi connectivity index (χ2v) is 8.44. The molecule has 0 spiro atoms. The number of ether oxygens (including phenoxy) is 2. The van der Waals surface area contributed by atoms with Crippen molar-refractivity contribution in [2.45, 2.75) is 38.8 Å². The van der Waals surface area contributed by atoms with Gasteiger partial charge in [0, 0.05) is 12.5 Å². The first-order chi connectivity index (χ1) is 10.8. The molecule has 1 aliphatic heterocycles. The van der Waals surface area contributed by atoms with E-state index in [9.17, 15) is 9.59 Å². The Morgan fingerprint density at radius 2 is 1.74 bits per heavy atom. The van der Waals surface area contributed by atoms with E-state index in [-0.39, 0.29) is 11.9 Å². The molecule has 1 saturated heterocycles. The maximum Gasteiger partial charge on any atom is 0.411 e. The number of amides is 1. The van der Waals surface area contributed by atoms with Crippen LogP contribution in [0.4, 0.5) is 4.79 Å². The SMILES string of the molecule is COC(=O)[C@H]1[C@H]2[C@H]3C=C[C@@H]([C@H]2CN1C(=O)OC(C)(C)C)[C@@H]1C[C@H]31. The molecule has 0 aromatic rings. The number of hydrogen-bond donors (Lipinski definition) is 0. The average molecular weight is 319 g/mol. The van der Waals surface area contributed by atoms with E-state index in [1.807, 2.05) is 20.8 Å². The van der Waals surface area contributed by atoms with Crippen molar-refractivity contribution < 1.29 is 19.1 Å².